The number of aromatic amines is 1. The average molecular weight is 261 g/mol. The van der Waals surface area contributed by atoms with Crippen LogP contribution in [0.4, 0.5) is 0 Å². The van der Waals surface area contributed by atoms with Crippen molar-refractivity contribution in [3.8, 4) is 11.3 Å². The maximum absolute atomic E-state index is 12.6. The van der Waals surface area contributed by atoms with Gasteiger partial charge in [-0.3, -0.25) is 4.79 Å². The van der Waals surface area contributed by atoms with Gasteiger partial charge in [-0.05, 0) is 24.6 Å². The minimum atomic E-state index is 0.0498. The van der Waals surface area contributed by atoms with E-state index in [1.165, 1.54) is 0 Å². The lowest BCUT2D eigenvalue weighted by Crippen LogP contribution is -2.02. The molecule has 1 aromatic heterocycles. The van der Waals surface area contributed by atoms with Crippen LogP contribution in [0.5, 0.6) is 0 Å². The van der Waals surface area contributed by atoms with Gasteiger partial charge in [0.2, 0.25) is 0 Å². The largest absolute Gasteiger partial charge is 0.361 e. The summed E-state index contributed by atoms with van der Waals surface area (Å²) in [6, 6.07) is 19.4. The van der Waals surface area contributed by atoms with Crippen molar-refractivity contribution in [2.24, 2.45) is 0 Å². The summed E-state index contributed by atoms with van der Waals surface area (Å²) in [4.78, 5) is 15.8. The molecule has 2 heteroatoms. The molecule has 3 aromatic rings. The number of nitrogens with one attached hydrogen (secondary N) is 1. The highest BCUT2D eigenvalue weighted by atomic mass is 16.1. The summed E-state index contributed by atoms with van der Waals surface area (Å²) in [5.74, 6) is 0.0498. The quantitative estimate of drug-likeness (QED) is 0.703. The summed E-state index contributed by atoms with van der Waals surface area (Å²) in [5.41, 5.74) is 4.42. The van der Waals surface area contributed by atoms with Gasteiger partial charge in [-0.2, -0.15) is 0 Å². The molecular formula is C18H15NO. The van der Waals surface area contributed by atoms with Crippen LogP contribution in [0.1, 0.15) is 21.5 Å². The summed E-state index contributed by atoms with van der Waals surface area (Å²) >= 11 is 0. The zero-order valence-corrected chi connectivity index (χ0v) is 11.3. The number of hydrogen-bond donors (Lipinski definition) is 1. The molecule has 0 amide bonds. The highest BCUT2D eigenvalue weighted by Gasteiger charge is 2.15. The van der Waals surface area contributed by atoms with Gasteiger partial charge in [0, 0.05) is 17.3 Å². The lowest BCUT2D eigenvalue weighted by molar-refractivity contribution is 0.103. The van der Waals surface area contributed by atoms with Crippen molar-refractivity contribution in [2.45, 2.75) is 6.92 Å². The fourth-order valence-corrected chi connectivity index (χ4v) is 2.34. The molecule has 2 aromatic carbocycles. The van der Waals surface area contributed by atoms with Crippen molar-refractivity contribution in [2.75, 3.05) is 0 Å². The Morgan fingerprint density at radius 2 is 1.75 bits per heavy atom. The second-order valence-electron chi connectivity index (χ2n) is 4.83. The SMILES string of the molecule is Cc1cccc(C(=O)c2cc[nH]c2-c2ccccc2)c1. The summed E-state index contributed by atoms with van der Waals surface area (Å²) < 4.78 is 0. The third-order valence-corrected chi connectivity index (χ3v) is 3.33. The van der Waals surface area contributed by atoms with Gasteiger partial charge in [0.15, 0.2) is 5.78 Å². The Bertz CT molecular complexity index is 741. The highest BCUT2D eigenvalue weighted by Crippen LogP contribution is 2.24. The Balaban J connectivity index is 2.04. The number of aryl methyl sites for hydroxylation is 1. The van der Waals surface area contributed by atoms with Gasteiger partial charge in [0.25, 0.3) is 0 Å². The first-order valence-electron chi connectivity index (χ1n) is 6.60. The Kier molecular flexibility index (Phi) is 3.21. The fraction of sp³-hybridized carbons (Fsp3) is 0.0556. The molecule has 0 saturated carbocycles. The normalized spacial score (nSPS) is 10.4. The Morgan fingerprint density at radius 3 is 2.50 bits per heavy atom. The lowest BCUT2D eigenvalue weighted by atomic mass is 9.99. The summed E-state index contributed by atoms with van der Waals surface area (Å²) in [5, 5.41) is 0. The minimum Gasteiger partial charge on any atom is -0.361 e. The van der Waals surface area contributed by atoms with Crippen LogP contribution in [0.15, 0.2) is 66.9 Å². The van der Waals surface area contributed by atoms with Crippen LogP contribution in [0.3, 0.4) is 0 Å². The molecule has 0 spiro atoms. The third kappa shape index (κ3) is 2.28. The molecule has 20 heavy (non-hydrogen) atoms. The lowest BCUT2D eigenvalue weighted by Gasteiger charge is -2.05. The molecule has 3 rings (SSSR count). The van der Waals surface area contributed by atoms with Crippen molar-refractivity contribution in [1.29, 1.82) is 0 Å². The van der Waals surface area contributed by atoms with Crippen molar-refractivity contribution in [3.05, 3.63) is 83.6 Å². The van der Waals surface area contributed by atoms with Crippen LogP contribution in [0.25, 0.3) is 11.3 Å². The molecule has 0 atom stereocenters. The van der Waals surface area contributed by atoms with Crippen LogP contribution < -0.4 is 0 Å². The molecule has 2 nitrogen and oxygen atoms in total. The van der Waals surface area contributed by atoms with Crippen LogP contribution >= 0.6 is 0 Å². The Labute approximate surface area is 118 Å². The number of ketones is 1. The number of H-pyrrole nitrogens is 1. The van der Waals surface area contributed by atoms with Gasteiger partial charge < -0.3 is 4.98 Å². The second kappa shape index (κ2) is 5.17. The first kappa shape index (κ1) is 12.4. The number of aromatic nitrogens is 1. The second-order valence-corrected chi connectivity index (χ2v) is 4.83. The van der Waals surface area contributed by atoms with E-state index in [-0.39, 0.29) is 5.78 Å². The van der Waals surface area contributed by atoms with E-state index in [2.05, 4.69) is 4.98 Å². The van der Waals surface area contributed by atoms with E-state index in [9.17, 15) is 4.79 Å². The molecule has 0 radical (unpaired) electrons. The molecule has 0 unspecified atom stereocenters. The molecule has 0 fully saturated rings. The molecule has 1 N–H and O–H groups in total. The molecule has 1 heterocycles. The van der Waals surface area contributed by atoms with E-state index < -0.39 is 0 Å². The number of carbonyl (C=O) groups excluding carboxylic acids is 1. The summed E-state index contributed by atoms with van der Waals surface area (Å²) in [6.45, 7) is 1.99. The fourth-order valence-electron chi connectivity index (χ4n) is 2.34. The summed E-state index contributed by atoms with van der Waals surface area (Å²) in [6.07, 6.45) is 1.81. The van der Waals surface area contributed by atoms with Gasteiger partial charge >= 0.3 is 0 Å². The highest BCUT2D eigenvalue weighted by molar-refractivity contribution is 6.12. The van der Waals surface area contributed by atoms with Gasteiger partial charge in [0.1, 0.15) is 0 Å². The van der Waals surface area contributed by atoms with Crippen LogP contribution in [0.2, 0.25) is 0 Å². The van der Waals surface area contributed by atoms with Gasteiger partial charge in [0.05, 0.1) is 5.69 Å². The predicted molar refractivity (Wildman–Crippen MR) is 80.8 cm³/mol. The molecule has 0 bridgehead atoms. The van der Waals surface area contributed by atoms with E-state index >= 15 is 0 Å². The molecular weight excluding hydrogens is 246 g/mol. The standard InChI is InChI=1S/C18H15NO/c1-13-6-5-9-15(12-13)18(20)16-10-11-19-17(16)14-7-3-2-4-8-14/h2-12,19H,1H3. The average Bonchev–Trinajstić information content (AvgIpc) is 2.97. The van der Waals surface area contributed by atoms with Crippen LogP contribution in [-0.4, -0.2) is 10.8 Å². The number of hydrogen-bond acceptors (Lipinski definition) is 1. The zero-order valence-electron chi connectivity index (χ0n) is 11.3. The minimum absolute atomic E-state index is 0.0498. The van der Waals surface area contributed by atoms with E-state index in [4.69, 9.17) is 0 Å². The maximum atomic E-state index is 12.6. The molecule has 0 saturated heterocycles. The summed E-state index contributed by atoms with van der Waals surface area (Å²) in [7, 11) is 0. The van der Waals surface area contributed by atoms with E-state index in [0.29, 0.717) is 5.56 Å². The molecule has 98 valence electrons. The van der Waals surface area contributed by atoms with Gasteiger partial charge in [-0.25, -0.2) is 0 Å². The third-order valence-electron chi connectivity index (χ3n) is 3.33. The number of benzene rings is 2. The van der Waals surface area contributed by atoms with Crippen molar-refractivity contribution >= 4 is 5.78 Å². The smallest absolute Gasteiger partial charge is 0.195 e. The molecule has 0 aliphatic heterocycles. The first-order chi connectivity index (χ1) is 9.75. The predicted octanol–water partition coefficient (Wildman–Crippen LogP) is 4.22. The topological polar surface area (TPSA) is 32.9 Å². The monoisotopic (exact) mass is 261 g/mol. The zero-order chi connectivity index (χ0) is 13.9. The van der Waals surface area contributed by atoms with E-state index in [0.717, 1.165) is 22.4 Å². The van der Waals surface area contributed by atoms with E-state index in [1.807, 2.05) is 73.8 Å². The number of carbonyl (C=O) groups is 1. The molecule has 0 aliphatic carbocycles. The Hall–Kier alpha value is -2.61. The van der Waals surface area contributed by atoms with Crippen LogP contribution in [0, 0.1) is 6.92 Å². The Morgan fingerprint density at radius 1 is 0.950 bits per heavy atom. The van der Waals surface area contributed by atoms with Crippen molar-refractivity contribution in [3.63, 3.8) is 0 Å². The van der Waals surface area contributed by atoms with Gasteiger partial charge in [-0.1, -0.05) is 54.1 Å². The van der Waals surface area contributed by atoms with Crippen molar-refractivity contribution in [1.82, 2.24) is 4.98 Å². The van der Waals surface area contributed by atoms with Crippen LogP contribution in [-0.2, 0) is 0 Å². The van der Waals surface area contributed by atoms with E-state index in [1.54, 1.807) is 0 Å². The van der Waals surface area contributed by atoms with Crippen molar-refractivity contribution < 1.29 is 4.79 Å². The maximum Gasteiger partial charge on any atom is 0.195 e. The van der Waals surface area contributed by atoms with Gasteiger partial charge in [-0.15, -0.1) is 0 Å². The molecule has 0 aliphatic rings. The first-order valence-corrected chi connectivity index (χ1v) is 6.60. The number of rotatable bonds is 3.